The summed E-state index contributed by atoms with van der Waals surface area (Å²) in [6.45, 7) is 3.36. The highest BCUT2D eigenvalue weighted by Gasteiger charge is 2.14. The van der Waals surface area contributed by atoms with Crippen LogP contribution in [0.25, 0.3) is 0 Å². The van der Waals surface area contributed by atoms with Gasteiger partial charge in [0.05, 0.1) is 12.8 Å². The monoisotopic (exact) mass is 298 g/mol. The van der Waals surface area contributed by atoms with Gasteiger partial charge in [0.15, 0.2) is 0 Å². The Morgan fingerprint density at radius 3 is 2.45 bits per heavy atom. The maximum absolute atomic E-state index is 12.5. The van der Waals surface area contributed by atoms with E-state index in [9.17, 15) is 4.79 Å². The number of nitrogens with zero attached hydrogens (tertiary/aromatic N) is 1. The highest BCUT2D eigenvalue weighted by atomic mass is 16.5. The maximum Gasteiger partial charge on any atom is 0.322 e. The Bertz CT molecular complexity index is 599. The fourth-order valence-corrected chi connectivity index (χ4v) is 2.27. The van der Waals surface area contributed by atoms with Crippen molar-refractivity contribution >= 4 is 11.7 Å². The van der Waals surface area contributed by atoms with Crippen LogP contribution in [0.3, 0.4) is 0 Å². The molecule has 2 aromatic rings. The van der Waals surface area contributed by atoms with Crippen LogP contribution >= 0.6 is 0 Å². The number of amides is 2. The molecule has 0 aliphatic heterocycles. The molecular formula is C18H22N2O2. The predicted octanol–water partition coefficient (Wildman–Crippen LogP) is 4.14. The van der Waals surface area contributed by atoms with Gasteiger partial charge in [-0.15, -0.1) is 0 Å². The molecular weight excluding hydrogens is 276 g/mol. The van der Waals surface area contributed by atoms with Crippen LogP contribution in [-0.2, 0) is 6.54 Å². The number of ether oxygens (including phenoxy) is 1. The molecule has 0 aliphatic carbocycles. The quantitative estimate of drug-likeness (QED) is 0.871. The average Bonchev–Trinajstić information content (AvgIpc) is 2.56. The smallest absolute Gasteiger partial charge is 0.322 e. The van der Waals surface area contributed by atoms with E-state index >= 15 is 0 Å². The van der Waals surface area contributed by atoms with E-state index in [1.807, 2.05) is 59.5 Å². The minimum absolute atomic E-state index is 0.116. The zero-order valence-electron chi connectivity index (χ0n) is 13.1. The number of para-hydroxylation sites is 2. The number of benzene rings is 2. The highest BCUT2D eigenvalue weighted by Crippen LogP contribution is 2.23. The number of carbonyl (C=O) groups excluding carboxylic acids is 1. The van der Waals surface area contributed by atoms with E-state index in [1.165, 1.54) is 0 Å². The van der Waals surface area contributed by atoms with Crippen molar-refractivity contribution < 1.29 is 9.53 Å². The molecule has 0 aliphatic rings. The van der Waals surface area contributed by atoms with Crippen LogP contribution in [0.2, 0.25) is 0 Å². The maximum atomic E-state index is 12.5. The van der Waals surface area contributed by atoms with Crippen molar-refractivity contribution in [2.75, 3.05) is 19.0 Å². The minimum Gasteiger partial charge on any atom is -0.495 e. The lowest BCUT2D eigenvalue weighted by atomic mass is 10.2. The Kier molecular flexibility index (Phi) is 5.83. The van der Waals surface area contributed by atoms with E-state index in [0.717, 1.165) is 12.0 Å². The fraction of sp³-hybridized carbons (Fsp3) is 0.278. The molecule has 0 unspecified atom stereocenters. The van der Waals surface area contributed by atoms with Crippen LogP contribution < -0.4 is 10.1 Å². The normalized spacial score (nSPS) is 10.1. The number of hydrogen-bond donors (Lipinski definition) is 1. The number of nitrogens with one attached hydrogen (secondary N) is 1. The predicted molar refractivity (Wildman–Crippen MR) is 89.2 cm³/mol. The first-order chi connectivity index (χ1) is 10.7. The van der Waals surface area contributed by atoms with Crippen LogP contribution in [-0.4, -0.2) is 24.6 Å². The molecule has 0 bridgehead atoms. The molecule has 1 N–H and O–H groups in total. The van der Waals surface area contributed by atoms with E-state index < -0.39 is 0 Å². The molecule has 0 fully saturated rings. The van der Waals surface area contributed by atoms with E-state index in [2.05, 4.69) is 12.2 Å². The number of methoxy groups -OCH3 is 1. The standard InChI is InChI=1S/C18H22N2O2/c1-3-13-20(14-15-9-5-4-6-10-15)18(21)19-16-11-7-8-12-17(16)22-2/h4-12H,3,13-14H2,1-2H3,(H,19,21). The molecule has 0 spiro atoms. The van der Waals surface area contributed by atoms with Crippen molar-refractivity contribution in [1.29, 1.82) is 0 Å². The number of carbonyl (C=O) groups is 1. The third-order valence-electron chi connectivity index (χ3n) is 3.35. The van der Waals surface area contributed by atoms with Crippen LogP contribution in [0.5, 0.6) is 5.75 Å². The molecule has 0 saturated heterocycles. The fourth-order valence-electron chi connectivity index (χ4n) is 2.27. The molecule has 2 rings (SSSR count). The largest absolute Gasteiger partial charge is 0.495 e. The molecule has 2 aromatic carbocycles. The van der Waals surface area contributed by atoms with Gasteiger partial charge < -0.3 is 15.0 Å². The van der Waals surface area contributed by atoms with Gasteiger partial charge in [0.25, 0.3) is 0 Å². The SMILES string of the molecule is CCCN(Cc1ccccc1)C(=O)Nc1ccccc1OC. The third kappa shape index (κ3) is 4.25. The Balaban J connectivity index is 2.09. The molecule has 116 valence electrons. The molecule has 22 heavy (non-hydrogen) atoms. The summed E-state index contributed by atoms with van der Waals surface area (Å²) in [5.41, 5.74) is 1.80. The van der Waals surface area contributed by atoms with Crippen LogP contribution in [0.15, 0.2) is 54.6 Å². The number of hydrogen-bond acceptors (Lipinski definition) is 2. The summed E-state index contributed by atoms with van der Waals surface area (Å²) in [5.74, 6) is 0.659. The van der Waals surface area contributed by atoms with Crippen LogP contribution in [0.1, 0.15) is 18.9 Å². The second-order valence-corrected chi connectivity index (χ2v) is 5.04. The van der Waals surface area contributed by atoms with Gasteiger partial charge in [-0.1, -0.05) is 49.4 Å². The number of rotatable bonds is 6. The van der Waals surface area contributed by atoms with Gasteiger partial charge >= 0.3 is 6.03 Å². The summed E-state index contributed by atoms with van der Waals surface area (Å²) in [5, 5.41) is 2.93. The molecule has 4 nitrogen and oxygen atoms in total. The van der Waals surface area contributed by atoms with Crippen molar-refractivity contribution in [2.45, 2.75) is 19.9 Å². The van der Waals surface area contributed by atoms with Gasteiger partial charge in [0.1, 0.15) is 5.75 Å². The van der Waals surface area contributed by atoms with Crippen molar-refractivity contribution in [3.05, 3.63) is 60.2 Å². The van der Waals surface area contributed by atoms with Crippen LogP contribution in [0.4, 0.5) is 10.5 Å². The van der Waals surface area contributed by atoms with E-state index in [-0.39, 0.29) is 6.03 Å². The minimum atomic E-state index is -0.116. The topological polar surface area (TPSA) is 41.6 Å². The zero-order valence-corrected chi connectivity index (χ0v) is 13.1. The van der Waals surface area contributed by atoms with E-state index in [1.54, 1.807) is 7.11 Å². The summed E-state index contributed by atoms with van der Waals surface area (Å²) >= 11 is 0. The first-order valence-corrected chi connectivity index (χ1v) is 7.47. The summed E-state index contributed by atoms with van der Waals surface area (Å²) in [6.07, 6.45) is 0.909. The Morgan fingerprint density at radius 2 is 1.77 bits per heavy atom. The van der Waals surface area contributed by atoms with Gasteiger partial charge in [-0.3, -0.25) is 0 Å². The van der Waals surface area contributed by atoms with Gasteiger partial charge in [0, 0.05) is 13.1 Å². The molecule has 2 amide bonds. The number of urea groups is 1. The second-order valence-electron chi connectivity index (χ2n) is 5.04. The number of anilines is 1. The lowest BCUT2D eigenvalue weighted by molar-refractivity contribution is 0.209. The van der Waals surface area contributed by atoms with Gasteiger partial charge in [-0.25, -0.2) is 4.79 Å². The molecule has 0 aromatic heterocycles. The van der Waals surface area contributed by atoms with Crippen molar-refractivity contribution in [1.82, 2.24) is 4.90 Å². The Hall–Kier alpha value is -2.49. The Morgan fingerprint density at radius 1 is 1.09 bits per heavy atom. The Labute approximate surface area is 131 Å². The third-order valence-corrected chi connectivity index (χ3v) is 3.35. The molecule has 0 heterocycles. The van der Waals surface area contributed by atoms with E-state index in [0.29, 0.717) is 24.5 Å². The first kappa shape index (κ1) is 15.9. The molecule has 0 saturated carbocycles. The average molecular weight is 298 g/mol. The molecule has 0 atom stereocenters. The van der Waals surface area contributed by atoms with Gasteiger partial charge in [-0.2, -0.15) is 0 Å². The summed E-state index contributed by atoms with van der Waals surface area (Å²) in [4.78, 5) is 14.3. The molecule has 4 heteroatoms. The lowest BCUT2D eigenvalue weighted by Gasteiger charge is -2.23. The van der Waals surface area contributed by atoms with Crippen molar-refractivity contribution in [3.63, 3.8) is 0 Å². The summed E-state index contributed by atoms with van der Waals surface area (Å²) in [7, 11) is 1.60. The highest BCUT2D eigenvalue weighted by molar-refractivity contribution is 5.90. The second kappa shape index (κ2) is 8.08. The van der Waals surface area contributed by atoms with Crippen molar-refractivity contribution in [3.8, 4) is 5.75 Å². The zero-order chi connectivity index (χ0) is 15.8. The summed E-state index contributed by atoms with van der Waals surface area (Å²) < 4.78 is 5.27. The first-order valence-electron chi connectivity index (χ1n) is 7.47. The van der Waals surface area contributed by atoms with Crippen LogP contribution in [0, 0.1) is 0 Å². The van der Waals surface area contributed by atoms with Gasteiger partial charge in [0.2, 0.25) is 0 Å². The van der Waals surface area contributed by atoms with Crippen molar-refractivity contribution in [2.24, 2.45) is 0 Å². The molecule has 0 radical (unpaired) electrons. The van der Waals surface area contributed by atoms with E-state index in [4.69, 9.17) is 4.74 Å². The lowest BCUT2D eigenvalue weighted by Crippen LogP contribution is -2.35. The van der Waals surface area contributed by atoms with Gasteiger partial charge in [-0.05, 0) is 24.1 Å². The summed E-state index contributed by atoms with van der Waals surface area (Å²) in [6, 6.07) is 17.3.